The lowest BCUT2D eigenvalue weighted by molar-refractivity contribution is -0.121. The SMILES string of the molecule is CC1(CNC(=O)CCC2CCCCC2)CCCN1. The molecule has 3 nitrogen and oxygen atoms in total. The summed E-state index contributed by atoms with van der Waals surface area (Å²) in [5.74, 6) is 1.06. The van der Waals surface area contributed by atoms with Crippen molar-refractivity contribution in [3.63, 3.8) is 0 Å². The molecule has 2 aliphatic rings. The number of rotatable bonds is 5. The van der Waals surface area contributed by atoms with E-state index < -0.39 is 0 Å². The van der Waals surface area contributed by atoms with Crippen LogP contribution in [0.1, 0.15) is 64.7 Å². The third kappa shape index (κ3) is 4.27. The van der Waals surface area contributed by atoms with Crippen molar-refractivity contribution in [3.8, 4) is 0 Å². The van der Waals surface area contributed by atoms with Gasteiger partial charge in [0.25, 0.3) is 0 Å². The third-order valence-corrected chi connectivity index (χ3v) is 4.64. The second kappa shape index (κ2) is 6.55. The molecule has 3 heteroatoms. The lowest BCUT2D eigenvalue weighted by Gasteiger charge is -2.25. The van der Waals surface area contributed by atoms with Crippen molar-refractivity contribution in [1.29, 1.82) is 0 Å². The molecule has 1 unspecified atom stereocenters. The fraction of sp³-hybridized carbons (Fsp3) is 0.933. The van der Waals surface area contributed by atoms with Crippen molar-refractivity contribution in [2.75, 3.05) is 13.1 Å². The topological polar surface area (TPSA) is 41.1 Å². The fourth-order valence-electron chi connectivity index (χ4n) is 3.30. The maximum absolute atomic E-state index is 11.8. The highest BCUT2D eigenvalue weighted by Gasteiger charge is 2.28. The van der Waals surface area contributed by atoms with Crippen LogP contribution in [0.15, 0.2) is 0 Å². The van der Waals surface area contributed by atoms with Crippen molar-refractivity contribution in [1.82, 2.24) is 10.6 Å². The predicted molar refractivity (Wildman–Crippen MR) is 74.5 cm³/mol. The molecule has 0 aromatic carbocycles. The van der Waals surface area contributed by atoms with Crippen LogP contribution < -0.4 is 10.6 Å². The van der Waals surface area contributed by atoms with E-state index in [1.54, 1.807) is 0 Å². The maximum Gasteiger partial charge on any atom is 0.220 e. The lowest BCUT2D eigenvalue weighted by atomic mass is 9.86. The fourth-order valence-corrected chi connectivity index (χ4v) is 3.30. The van der Waals surface area contributed by atoms with E-state index in [1.165, 1.54) is 44.9 Å². The van der Waals surface area contributed by atoms with Crippen molar-refractivity contribution < 1.29 is 4.79 Å². The highest BCUT2D eigenvalue weighted by atomic mass is 16.1. The summed E-state index contributed by atoms with van der Waals surface area (Å²) in [4.78, 5) is 11.8. The molecule has 2 rings (SSSR count). The van der Waals surface area contributed by atoms with E-state index in [4.69, 9.17) is 0 Å². The van der Waals surface area contributed by atoms with E-state index in [0.717, 1.165) is 31.8 Å². The minimum atomic E-state index is 0.139. The van der Waals surface area contributed by atoms with Gasteiger partial charge in [0.05, 0.1) is 0 Å². The first-order chi connectivity index (χ1) is 8.68. The molecule has 1 aliphatic heterocycles. The molecule has 104 valence electrons. The number of nitrogens with one attached hydrogen (secondary N) is 2. The summed E-state index contributed by atoms with van der Waals surface area (Å²) in [6.07, 6.45) is 11.0. The number of hydrogen-bond acceptors (Lipinski definition) is 2. The van der Waals surface area contributed by atoms with Crippen LogP contribution in [0, 0.1) is 5.92 Å². The number of carbonyl (C=O) groups is 1. The molecule has 0 spiro atoms. The molecule has 1 saturated carbocycles. The molecule has 2 fully saturated rings. The summed E-state index contributed by atoms with van der Waals surface area (Å²) in [6, 6.07) is 0. The van der Waals surface area contributed by atoms with Gasteiger partial charge in [0.15, 0.2) is 0 Å². The molecule has 1 heterocycles. The predicted octanol–water partition coefficient (Wildman–Crippen LogP) is 2.61. The second-order valence-electron chi connectivity index (χ2n) is 6.41. The van der Waals surface area contributed by atoms with Gasteiger partial charge in [0.1, 0.15) is 0 Å². The highest BCUT2D eigenvalue weighted by Crippen LogP contribution is 2.27. The van der Waals surface area contributed by atoms with Gasteiger partial charge in [-0.25, -0.2) is 0 Å². The average Bonchev–Trinajstić information content (AvgIpc) is 2.83. The Morgan fingerprint density at radius 1 is 1.28 bits per heavy atom. The summed E-state index contributed by atoms with van der Waals surface area (Å²) in [7, 11) is 0. The van der Waals surface area contributed by atoms with Crippen LogP contribution in [0.4, 0.5) is 0 Å². The van der Waals surface area contributed by atoms with Crippen LogP contribution in [0.25, 0.3) is 0 Å². The van der Waals surface area contributed by atoms with Crippen LogP contribution in [0.3, 0.4) is 0 Å². The van der Waals surface area contributed by atoms with Crippen molar-refractivity contribution >= 4 is 5.91 Å². The Morgan fingerprint density at radius 2 is 2.06 bits per heavy atom. The van der Waals surface area contributed by atoms with Crippen LogP contribution in [-0.2, 0) is 4.79 Å². The van der Waals surface area contributed by atoms with E-state index in [0.29, 0.717) is 0 Å². The van der Waals surface area contributed by atoms with Crippen LogP contribution >= 0.6 is 0 Å². The van der Waals surface area contributed by atoms with E-state index in [-0.39, 0.29) is 11.4 Å². The molecule has 1 amide bonds. The second-order valence-corrected chi connectivity index (χ2v) is 6.41. The van der Waals surface area contributed by atoms with E-state index >= 15 is 0 Å². The van der Waals surface area contributed by atoms with Crippen LogP contribution in [0.5, 0.6) is 0 Å². The Morgan fingerprint density at radius 3 is 2.72 bits per heavy atom. The minimum Gasteiger partial charge on any atom is -0.354 e. The molecule has 1 atom stereocenters. The largest absolute Gasteiger partial charge is 0.354 e. The summed E-state index contributed by atoms with van der Waals surface area (Å²) in [5, 5.41) is 6.58. The molecule has 0 bridgehead atoms. The molecule has 2 N–H and O–H groups in total. The molecular weight excluding hydrogens is 224 g/mol. The Kier molecular flexibility index (Phi) is 5.04. The minimum absolute atomic E-state index is 0.139. The zero-order valence-corrected chi connectivity index (χ0v) is 11.8. The van der Waals surface area contributed by atoms with Gasteiger partial charge in [-0.05, 0) is 38.6 Å². The van der Waals surface area contributed by atoms with Crippen LogP contribution in [0.2, 0.25) is 0 Å². The molecule has 0 aromatic rings. The van der Waals surface area contributed by atoms with Gasteiger partial charge in [-0.2, -0.15) is 0 Å². The Labute approximate surface area is 111 Å². The quantitative estimate of drug-likeness (QED) is 0.789. The first kappa shape index (κ1) is 13.9. The number of hydrogen-bond donors (Lipinski definition) is 2. The molecule has 0 aromatic heterocycles. The smallest absolute Gasteiger partial charge is 0.220 e. The standard InChI is InChI=1S/C15H28N2O/c1-15(10-5-11-17-15)12-16-14(18)9-8-13-6-3-2-4-7-13/h13,17H,2-12H2,1H3,(H,16,18). The average molecular weight is 252 g/mol. The zero-order chi connectivity index (χ0) is 12.8. The Hall–Kier alpha value is -0.570. The van der Waals surface area contributed by atoms with Crippen LogP contribution in [-0.4, -0.2) is 24.5 Å². The maximum atomic E-state index is 11.8. The van der Waals surface area contributed by atoms with Gasteiger partial charge >= 0.3 is 0 Å². The van der Waals surface area contributed by atoms with Gasteiger partial charge in [-0.15, -0.1) is 0 Å². The number of carbonyl (C=O) groups excluding carboxylic acids is 1. The summed E-state index contributed by atoms with van der Waals surface area (Å²) >= 11 is 0. The van der Waals surface area contributed by atoms with Gasteiger partial charge in [0.2, 0.25) is 5.91 Å². The van der Waals surface area contributed by atoms with Crippen molar-refractivity contribution in [2.45, 2.75) is 70.3 Å². The number of amides is 1. The van der Waals surface area contributed by atoms with Gasteiger partial charge in [-0.3, -0.25) is 4.79 Å². The van der Waals surface area contributed by atoms with Gasteiger partial charge < -0.3 is 10.6 Å². The summed E-state index contributed by atoms with van der Waals surface area (Å²) in [5.41, 5.74) is 0.139. The van der Waals surface area contributed by atoms with Crippen molar-refractivity contribution in [3.05, 3.63) is 0 Å². The molecule has 18 heavy (non-hydrogen) atoms. The van der Waals surface area contributed by atoms with E-state index in [1.807, 2.05) is 0 Å². The zero-order valence-electron chi connectivity index (χ0n) is 11.8. The Bertz CT molecular complexity index is 266. The molecule has 1 saturated heterocycles. The third-order valence-electron chi connectivity index (χ3n) is 4.64. The lowest BCUT2D eigenvalue weighted by Crippen LogP contribution is -2.47. The van der Waals surface area contributed by atoms with Gasteiger partial charge in [0, 0.05) is 18.5 Å². The summed E-state index contributed by atoms with van der Waals surface area (Å²) < 4.78 is 0. The van der Waals surface area contributed by atoms with Gasteiger partial charge in [-0.1, -0.05) is 32.1 Å². The monoisotopic (exact) mass is 252 g/mol. The Balaban J connectivity index is 1.59. The molecule has 0 radical (unpaired) electrons. The normalized spacial score (nSPS) is 29.4. The molecular formula is C15H28N2O. The van der Waals surface area contributed by atoms with E-state index in [2.05, 4.69) is 17.6 Å². The summed E-state index contributed by atoms with van der Waals surface area (Å²) in [6.45, 7) is 4.09. The van der Waals surface area contributed by atoms with Crippen molar-refractivity contribution in [2.24, 2.45) is 5.92 Å². The first-order valence-electron chi connectivity index (χ1n) is 7.70. The molecule has 1 aliphatic carbocycles. The highest BCUT2D eigenvalue weighted by molar-refractivity contribution is 5.75. The van der Waals surface area contributed by atoms with E-state index in [9.17, 15) is 4.79 Å². The first-order valence-corrected chi connectivity index (χ1v) is 7.70.